The minimum atomic E-state index is -2.03. The van der Waals surface area contributed by atoms with Crippen molar-refractivity contribution >= 4 is 8.48 Å². The van der Waals surface area contributed by atoms with Gasteiger partial charge >= 0.3 is 0 Å². The first-order valence-electron chi connectivity index (χ1n) is 5.85. The zero-order valence-corrected chi connectivity index (χ0v) is 10.6. The molecule has 1 aromatic carbocycles. The highest BCUT2D eigenvalue weighted by Gasteiger charge is 2.36. The molecule has 0 aromatic heterocycles. The van der Waals surface area contributed by atoms with Crippen molar-refractivity contribution in [2.24, 2.45) is 5.40 Å². The lowest BCUT2D eigenvalue weighted by Crippen LogP contribution is -2.55. The van der Waals surface area contributed by atoms with Gasteiger partial charge in [0, 0.05) is 6.04 Å². The summed E-state index contributed by atoms with van der Waals surface area (Å²) in [6.45, 7) is 3.80. The average molecular weight is 233 g/mol. The smallest absolute Gasteiger partial charge is 0.271 e. The van der Waals surface area contributed by atoms with Gasteiger partial charge in [0.25, 0.3) is 8.48 Å². The van der Waals surface area contributed by atoms with E-state index in [9.17, 15) is 0 Å². The van der Waals surface area contributed by atoms with Crippen LogP contribution in [0.25, 0.3) is 0 Å². The van der Waals surface area contributed by atoms with Crippen molar-refractivity contribution in [3.63, 3.8) is 0 Å². The molecular formula is C13H19NOSi. The number of nitrogens with two attached hydrogens (primary N) is 1. The van der Waals surface area contributed by atoms with Gasteiger partial charge in [0.15, 0.2) is 0 Å². The van der Waals surface area contributed by atoms with Gasteiger partial charge in [0.05, 0.1) is 6.10 Å². The molecule has 86 valence electrons. The summed E-state index contributed by atoms with van der Waals surface area (Å²) < 4.78 is 6.03. The molecule has 1 aliphatic heterocycles. The monoisotopic (exact) mass is 233 g/mol. The van der Waals surface area contributed by atoms with Gasteiger partial charge in [-0.1, -0.05) is 36.4 Å². The summed E-state index contributed by atoms with van der Waals surface area (Å²) in [7, 11) is -2.03. The van der Waals surface area contributed by atoms with E-state index in [0.29, 0.717) is 0 Å². The van der Waals surface area contributed by atoms with E-state index in [-0.39, 0.29) is 6.10 Å². The van der Waals surface area contributed by atoms with Crippen molar-refractivity contribution in [2.75, 3.05) is 0 Å². The Hall–Kier alpha value is -0.903. The maximum absolute atomic E-state index is 6.43. The van der Waals surface area contributed by atoms with Crippen LogP contribution in [0.2, 0.25) is 6.04 Å². The second kappa shape index (κ2) is 4.95. The van der Waals surface area contributed by atoms with Gasteiger partial charge in [-0.3, -0.25) is 0 Å². The second-order valence-electron chi connectivity index (χ2n) is 4.51. The Kier molecular flexibility index (Phi) is 3.58. The van der Waals surface area contributed by atoms with Gasteiger partial charge in [-0.2, -0.15) is 0 Å². The third kappa shape index (κ3) is 2.81. The van der Waals surface area contributed by atoms with Gasteiger partial charge in [0.1, 0.15) is 0 Å². The molecule has 0 amide bonds. The summed E-state index contributed by atoms with van der Waals surface area (Å²) in [5.41, 5.74) is 1.29. The number of benzene rings is 1. The Labute approximate surface area is 98.3 Å². The summed E-state index contributed by atoms with van der Waals surface area (Å²) in [6.07, 6.45) is 4.31. The summed E-state index contributed by atoms with van der Waals surface area (Å²) in [4.78, 5) is 0. The van der Waals surface area contributed by atoms with E-state index in [2.05, 4.69) is 30.8 Å². The number of hydrogen-bond donors (Lipinski definition) is 1. The largest absolute Gasteiger partial charge is 0.396 e. The van der Waals surface area contributed by atoms with Crippen molar-refractivity contribution in [2.45, 2.75) is 31.0 Å². The summed E-state index contributed by atoms with van der Waals surface area (Å²) in [5, 5.41) is 6.43. The first kappa shape index (κ1) is 11.6. The van der Waals surface area contributed by atoms with Crippen LogP contribution in [0.15, 0.2) is 43.0 Å². The molecule has 1 aliphatic rings. The van der Waals surface area contributed by atoms with Crippen LogP contribution in [-0.4, -0.2) is 14.6 Å². The zero-order chi connectivity index (χ0) is 11.4. The molecule has 2 atom stereocenters. The molecule has 0 radical (unpaired) electrons. The quantitative estimate of drug-likeness (QED) is 0.643. The van der Waals surface area contributed by atoms with Crippen LogP contribution in [0, 0.1) is 0 Å². The summed E-state index contributed by atoms with van der Waals surface area (Å²) >= 11 is 0. The number of rotatable bonds is 3. The van der Waals surface area contributed by atoms with E-state index in [1.807, 2.05) is 12.1 Å². The Morgan fingerprint density at radius 1 is 1.44 bits per heavy atom. The van der Waals surface area contributed by atoms with Crippen LogP contribution < -0.4 is 5.40 Å². The molecule has 2 N–H and O–H groups in total. The topological polar surface area (TPSA) is 35.2 Å². The maximum Gasteiger partial charge on any atom is 0.271 e. The Morgan fingerprint density at radius 3 is 2.88 bits per heavy atom. The van der Waals surface area contributed by atoms with Crippen molar-refractivity contribution in [1.82, 2.24) is 0 Å². The lowest BCUT2D eigenvalue weighted by atomic mass is 10.2. The molecular weight excluding hydrogens is 214 g/mol. The molecule has 1 saturated heterocycles. The molecule has 16 heavy (non-hydrogen) atoms. The van der Waals surface area contributed by atoms with Gasteiger partial charge in [-0.05, 0) is 24.4 Å². The van der Waals surface area contributed by atoms with Gasteiger partial charge in [0.2, 0.25) is 0 Å². The standard InChI is InChI=1S/C13H19NOSi/c1-2-13-9-6-10-16(14,15-13)11-12-7-4-3-5-8-12/h2-5,7-8,13H,1,6,9-11,14H2. The Morgan fingerprint density at radius 2 is 2.19 bits per heavy atom. The first-order chi connectivity index (χ1) is 7.72. The molecule has 0 spiro atoms. The SMILES string of the molecule is C=CC1CCC[Si](N)(Cc2ccccc2)O1. The van der Waals surface area contributed by atoms with Crippen LogP contribution >= 0.6 is 0 Å². The first-order valence-corrected chi connectivity index (χ1v) is 8.25. The molecule has 3 heteroatoms. The zero-order valence-electron chi connectivity index (χ0n) is 9.56. The molecule has 1 aromatic rings. The third-order valence-electron chi connectivity index (χ3n) is 3.08. The molecule has 2 unspecified atom stereocenters. The van der Waals surface area contributed by atoms with Crippen molar-refractivity contribution in [3.8, 4) is 0 Å². The van der Waals surface area contributed by atoms with Crippen molar-refractivity contribution < 1.29 is 4.43 Å². The Bertz CT molecular complexity index is 354. The fraction of sp³-hybridized carbons (Fsp3) is 0.385. The summed E-state index contributed by atoms with van der Waals surface area (Å²) in [5.74, 6) is 0. The van der Waals surface area contributed by atoms with Crippen LogP contribution in [0.1, 0.15) is 18.4 Å². The highest BCUT2D eigenvalue weighted by atomic mass is 28.4. The lowest BCUT2D eigenvalue weighted by Gasteiger charge is -2.35. The van der Waals surface area contributed by atoms with Crippen molar-refractivity contribution in [1.29, 1.82) is 0 Å². The number of hydrogen-bond acceptors (Lipinski definition) is 2. The Balaban J connectivity index is 2.05. The van der Waals surface area contributed by atoms with E-state index < -0.39 is 8.48 Å². The molecule has 1 fully saturated rings. The molecule has 1 heterocycles. The van der Waals surface area contributed by atoms with E-state index in [4.69, 9.17) is 9.83 Å². The molecule has 2 nitrogen and oxygen atoms in total. The van der Waals surface area contributed by atoms with E-state index in [1.165, 1.54) is 12.0 Å². The van der Waals surface area contributed by atoms with Crippen LogP contribution in [0.5, 0.6) is 0 Å². The maximum atomic E-state index is 6.43. The minimum Gasteiger partial charge on any atom is -0.396 e. The predicted molar refractivity (Wildman–Crippen MR) is 69.2 cm³/mol. The molecule has 0 aliphatic carbocycles. The minimum absolute atomic E-state index is 0.175. The lowest BCUT2D eigenvalue weighted by molar-refractivity contribution is 0.198. The van der Waals surface area contributed by atoms with Gasteiger partial charge in [-0.25, -0.2) is 0 Å². The second-order valence-corrected chi connectivity index (χ2v) is 7.73. The third-order valence-corrected chi connectivity index (χ3v) is 6.06. The molecule has 0 saturated carbocycles. The molecule has 0 bridgehead atoms. The van der Waals surface area contributed by atoms with E-state index in [0.717, 1.165) is 18.5 Å². The predicted octanol–water partition coefficient (Wildman–Crippen LogP) is 2.53. The van der Waals surface area contributed by atoms with Crippen LogP contribution in [0.3, 0.4) is 0 Å². The highest BCUT2D eigenvalue weighted by Crippen LogP contribution is 2.25. The summed E-state index contributed by atoms with van der Waals surface area (Å²) in [6, 6.07) is 12.4. The fourth-order valence-corrected chi connectivity index (χ4v) is 5.18. The van der Waals surface area contributed by atoms with E-state index in [1.54, 1.807) is 0 Å². The van der Waals surface area contributed by atoms with Gasteiger partial charge < -0.3 is 9.83 Å². The fourth-order valence-electron chi connectivity index (χ4n) is 2.26. The van der Waals surface area contributed by atoms with Crippen LogP contribution in [-0.2, 0) is 10.5 Å². The average Bonchev–Trinajstić information content (AvgIpc) is 2.29. The van der Waals surface area contributed by atoms with Gasteiger partial charge in [-0.15, -0.1) is 6.58 Å². The molecule has 2 rings (SSSR count). The normalized spacial score (nSPS) is 29.9. The van der Waals surface area contributed by atoms with Crippen LogP contribution in [0.4, 0.5) is 0 Å². The highest BCUT2D eigenvalue weighted by molar-refractivity contribution is 6.70. The van der Waals surface area contributed by atoms with Crippen molar-refractivity contribution in [3.05, 3.63) is 48.6 Å². The van der Waals surface area contributed by atoms with E-state index >= 15 is 0 Å².